The second kappa shape index (κ2) is 6.22. The summed E-state index contributed by atoms with van der Waals surface area (Å²) in [4.78, 5) is 16.1. The maximum Gasteiger partial charge on any atom is 0.280 e. The highest BCUT2D eigenvalue weighted by molar-refractivity contribution is 6.02. The molecule has 0 saturated heterocycles. The molecule has 2 aromatic rings. The molecule has 2 aromatic carbocycles. The molecule has 0 radical (unpaired) electrons. The molecule has 5 heteroatoms. The summed E-state index contributed by atoms with van der Waals surface area (Å²) in [6.07, 6.45) is 2.52. The van der Waals surface area contributed by atoms with Gasteiger partial charge in [-0.05, 0) is 17.7 Å². The van der Waals surface area contributed by atoms with E-state index >= 15 is 0 Å². The fourth-order valence-electron chi connectivity index (χ4n) is 2.39. The number of nitrogens with zero attached hydrogens (tertiary/aromatic N) is 3. The molecule has 0 aliphatic carbocycles. The number of hydrogen-bond donors (Lipinski definition) is 1. The van der Waals surface area contributed by atoms with Gasteiger partial charge in [-0.15, -0.1) is 0 Å². The predicted molar refractivity (Wildman–Crippen MR) is 86.5 cm³/mol. The molecule has 2 N–H and O–H groups in total. The highest BCUT2D eigenvalue weighted by Gasteiger charge is 2.25. The zero-order valence-corrected chi connectivity index (χ0v) is 12.0. The van der Waals surface area contributed by atoms with Crippen molar-refractivity contribution in [2.75, 3.05) is 0 Å². The minimum Gasteiger partial charge on any atom is -0.368 e. The molecule has 0 unspecified atom stereocenters. The lowest BCUT2D eigenvalue weighted by Gasteiger charge is -2.22. The van der Waals surface area contributed by atoms with Gasteiger partial charge in [-0.2, -0.15) is 10.1 Å². The van der Waals surface area contributed by atoms with Crippen LogP contribution in [0.5, 0.6) is 0 Å². The van der Waals surface area contributed by atoms with Crippen molar-refractivity contribution in [3.05, 3.63) is 71.8 Å². The van der Waals surface area contributed by atoms with Crippen molar-refractivity contribution >= 4 is 18.1 Å². The number of aliphatic imine (C=N–C) groups is 1. The van der Waals surface area contributed by atoms with Gasteiger partial charge in [0.05, 0.1) is 6.04 Å². The molecule has 110 valence electrons. The summed E-state index contributed by atoms with van der Waals surface area (Å²) >= 11 is 0. The fraction of sp³-hybridized carbons (Fsp3) is 0.118. The quantitative estimate of drug-likeness (QED) is 0.683. The average molecular weight is 292 g/mol. The van der Waals surface area contributed by atoms with Gasteiger partial charge in [-0.3, -0.25) is 4.79 Å². The summed E-state index contributed by atoms with van der Waals surface area (Å²) in [5.74, 6) is -0.261. The third-order valence-electron chi connectivity index (χ3n) is 3.49. The van der Waals surface area contributed by atoms with Crippen LogP contribution in [0.1, 0.15) is 28.4 Å². The molecular weight excluding hydrogens is 276 g/mol. The van der Waals surface area contributed by atoms with Crippen LogP contribution in [0.4, 0.5) is 0 Å². The van der Waals surface area contributed by atoms with E-state index in [4.69, 9.17) is 5.73 Å². The summed E-state index contributed by atoms with van der Waals surface area (Å²) < 4.78 is 0. The molecule has 1 aliphatic heterocycles. The van der Waals surface area contributed by atoms with Crippen LogP contribution in [0.2, 0.25) is 0 Å². The van der Waals surface area contributed by atoms with Crippen molar-refractivity contribution in [1.29, 1.82) is 0 Å². The SMILES string of the molecule is NC(=NC(=O)c1ccccc1)N1N=CC[C@H]1c1ccccc1. The highest BCUT2D eigenvalue weighted by atomic mass is 16.1. The molecule has 0 saturated carbocycles. The average Bonchev–Trinajstić information content (AvgIpc) is 3.06. The second-order valence-electron chi connectivity index (χ2n) is 4.95. The first-order chi connectivity index (χ1) is 10.8. The number of amides is 1. The van der Waals surface area contributed by atoms with Gasteiger partial charge in [-0.25, -0.2) is 5.01 Å². The summed E-state index contributed by atoms with van der Waals surface area (Å²) in [6.45, 7) is 0. The summed E-state index contributed by atoms with van der Waals surface area (Å²) in [7, 11) is 0. The van der Waals surface area contributed by atoms with Crippen LogP contribution in [0.25, 0.3) is 0 Å². The molecule has 22 heavy (non-hydrogen) atoms. The Morgan fingerprint density at radius 1 is 1.09 bits per heavy atom. The van der Waals surface area contributed by atoms with E-state index in [1.54, 1.807) is 35.5 Å². The zero-order chi connectivity index (χ0) is 15.4. The Morgan fingerprint density at radius 2 is 1.73 bits per heavy atom. The van der Waals surface area contributed by atoms with Crippen LogP contribution in [-0.2, 0) is 0 Å². The number of hydrogen-bond acceptors (Lipinski definition) is 2. The lowest BCUT2D eigenvalue weighted by molar-refractivity contribution is 0.100. The molecule has 1 atom stereocenters. The molecule has 1 amide bonds. The minimum atomic E-state index is -0.369. The van der Waals surface area contributed by atoms with Crippen molar-refractivity contribution in [1.82, 2.24) is 5.01 Å². The summed E-state index contributed by atoms with van der Waals surface area (Å²) in [6, 6.07) is 18.7. The number of rotatable bonds is 2. The van der Waals surface area contributed by atoms with E-state index in [-0.39, 0.29) is 17.9 Å². The first kappa shape index (κ1) is 14.0. The molecule has 0 fully saturated rings. The topological polar surface area (TPSA) is 71.0 Å². The highest BCUT2D eigenvalue weighted by Crippen LogP contribution is 2.27. The summed E-state index contributed by atoms with van der Waals surface area (Å²) in [5, 5.41) is 5.83. The van der Waals surface area contributed by atoms with Crippen LogP contribution in [0.15, 0.2) is 70.8 Å². The number of carbonyl (C=O) groups is 1. The molecule has 0 spiro atoms. The largest absolute Gasteiger partial charge is 0.368 e. The van der Waals surface area contributed by atoms with Gasteiger partial charge in [0.2, 0.25) is 5.96 Å². The second-order valence-corrected chi connectivity index (χ2v) is 4.95. The van der Waals surface area contributed by atoms with Crippen molar-refractivity contribution < 1.29 is 4.79 Å². The van der Waals surface area contributed by atoms with Crippen LogP contribution in [0, 0.1) is 0 Å². The van der Waals surface area contributed by atoms with Gasteiger partial charge in [0.1, 0.15) is 0 Å². The maximum atomic E-state index is 12.1. The van der Waals surface area contributed by atoms with Crippen LogP contribution in [-0.4, -0.2) is 23.1 Å². The van der Waals surface area contributed by atoms with Crippen molar-refractivity contribution in [2.24, 2.45) is 15.8 Å². The first-order valence-electron chi connectivity index (χ1n) is 7.06. The molecule has 0 bridgehead atoms. The smallest absolute Gasteiger partial charge is 0.280 e. The van der Waals surface area contributed by atoms with Gasteiger partial charge in [0.15, 0.2) is 0 Å². The zero-order valence-electron chi connectivity index (χ0n) is 12.0. The Morgan fingerprint density at radius 3 is 2.41 bits per heavy atom. The molecule has 1 heterocycles. The van der Waals surface area contributed by atoms with Crippen LogP contribution in [0.3, 0.4) is 0 Å². The number of benzene rings is 2. The van der Waals surface area contributed by atoms with Gasteiger partial charge in [-0.1, -0.05) is 48.5 Å². The Labute approximate surface area is 128 Å². The Kier molecular flexibility index (Phi) is 3.96. The van der Waals surface area contributed by atoms with Crippen LogP contribution < -0.4 is 5.73 Å². The van der Waals surface area contributed by atoms with Gasteiger partial charge >= 0.3 is 0 Å². The number of guanidine groups is 1. The van der Waals surface area contributed by atoms with Gasteiger partial charge in [0, 0.05) is 18.2 Å². The normalized spacial score (nSPS) is 17.7. The molecule has 1 aliphatic rings. The third kappa shape index (κ3) is 2.88. The Balaban J connectivity index is 1.82. The van der Waals surface area contributed by atoms with Crippen LogP contribution >= 0.6 is 0 Å². The van der Waals surface area contributed by atoms with E-state index in [0.29, 0.717) is 5.56 Å². The van der Waals surface area contributed by atoms with E-state index in [2.05, 4.69) is 10.1 Å². The molecule has 5 nitrogen and oxygen atoms in total. The molecule has 3 rings (SSSR count). The predicted octanol–water partition coefficient (Wildman–Crippen LogP) is 2.57. The third-order valence-corrected chi connectivity index (χ3v) is 3.49. The first-order valence-corrected chi connectivity index (χ1v) is 7.06. The lowest BCUT2D eigenvalue weighted by Crippen LogP contribution is -2.34. The summed E-state index contributed by atoms with van der Waals surface area (Å²) in [5.41, 5.74) is 7.58. The van der Waals surface area contributed by atoms with E-state index in [1.165, 1.54) is 0 Å². The maximum absolute atomic E-state index is 12.1. The number of carbonyl (C=O) groups excluding carboxylic acids is 1. The lowest BCUT2D eigenvalue weighted by atomic mass is 10.1. The molecular formula is C17H16N4O. The van der Waals surface area contributed by atoms with E-state index in [1.807, 2.05) is 36.4 Å². The number of nitrogens with two attached hydrogens (primary N) is 1. The van der Waals surface area contributed by atoms with E-state index < -0.39 is 0 Å². The number of hydrazone groups is 1. The van der Waals surface area contributed by atoms with Crippen molar-refractivity contribution in [2.45, 2.75) is 12.5 Å². The van der Waals surface area contributed by atoms with Crippen molar-refractivity contribution in [3.8, 4) is 0 Å². The van der Waals surface area contributed by atoms with Gasteiger partial charge < -0.3 is 5.73 Å². The van der Waals surface area contributed by atoms with Gasteiger partial charge in [0.25, 0.3) is 5.91 Å². The van der Waals surface area contributed by atoms with E-state index in [9.17, 15) is 4.79 Å². The fourth-order valence-corrected chi connectivity index (χ4v) is 2.39. The standard InChI is InChI=1S/C17H16N4O/c18-17(20-16(22)14-9-5-2-6-10-14)21-15(11-12-19-21)13-7-3-1-4-8-13/h1-10,12,15H,11H2,(H2,18,20,22)/t15-/m0/s1. The monoisotopic (exact) mass is 292 g/mol. The molecule has 0 aromatic heterocycles. The van der Waals surface area contributed by atoms with Crippen molar-refractivity contribution in [3.63, 3.8) is 0 Å². The van der Waals surface area contributed by atoms with E-state index in [0.717, 1.165) is 12.0 Å². The Bertz CT molecular complexity index is 710. The minimum absolute atomic E-state index is 0.0199. The Hall–Kier alpha value is -2.95.